The topological polar surface area (TPSA) is 59.3 Å². The van der Waals surface area contributed by atoms with Gasteiger partial charge in [-0.3, -0.25) is 14.8 Å². The van der Waals surface area contributed by atoms with Gasteiger partial charge >= 0.3 is 0 Å². The Kier molecular flexibility index (Phi) is 5.16. The smallest absolute Gasteiger partial charge is 0.251 e. The van der Waals surface area contributed by atoms with Crippen LogP contribution in [0.2, 0.25) is 0 Å². The van der Waals surface area contributed by atoms with Gasteiger partial charge in [-0.05, 0) is 50.3 Å². The average Bonchev–Trinajstić information content (AvgIpc) is 2.73. The Morgan fingerprint density at radius 2 is 1.65 bits per heavy atom. The molecule has 2 fully saturated rings. The van der Waals surface area contributed by atoms with Crippen LogP contribution in [0.1, 0.15) is 61.7 Å². The van der Waals surface area contributed by atoms with Crippen molar-refractivity contribution in [1.82, 2.24) is 15.3 Å². The van der Waals surface area contributed by atoms with Crippen molar-refractivity contribution >= 4 is 16.9 Å². The van der Waals surface area contributed by atoms with Crippen molar-refractivity contribution in [3.05, 3.63) is 36.2 Å². The molecule has 2 N–H and O–H groups in total. The van der Waals surface area contributed by atoms with E-state index >= 15 is 0 Å². The number of nitrogens with one attached hydrogen (secondary N) is 2. The van der Waals surface area contributed by atoms with Gasteiger partial charge in [0.15, 0.2) is 0 Å². The highest BCUT2D eigenvalue weighted by Crippen LogP contribution is 2.26. The fourth-order valence-electron chi connectivity index (χ4n) is 4.85. The van der Waals surface area contributed by atoms with Crippen LogP contribution >= 0.6 is 0 Å². The van der Waals surface area contributed by atoms with Crippen LogP contribution in [0.3, 0.4) is 0 Å². The molecule has 1 aliphatic heterocycles. The van der Waals surface area contributed by atoms with Gasteiger partial charge in [0.05, 0.1) is 30.7 Å². The molecule has 138 valence electrons. The minimum absolute atomic E-state index is 0.0129. The third kappa shape index (κ3) is 3.58. The second kappa shape index (κ2) is 7.70. The molecule has 0 spiro atoms. The number of carbonyl (C=O) groups is 1. The summed E-state index contributed by atoms with van der Waals surface area (Å²) in [5.74, 6) is 0.0129. The number of carbonyl (C=O) groups excluding carboxylic acids is 1. The van der Waals surface area contributed by atoms with Gasteiger partial charge in [0.1, 0.15) is 5.54 Å². The van der Waals surface area contributed by atoms with Crippen molar-refractivity contribution in [3.8, 4) is 0 Å². The molecule has 0 atom stereocenters. The van der Waals surface area contributed by atoms with Gasteiger partial charge in [-0.2, -0.15) is 0 Å². The molecule has 1 amide bonds. The number of amides is 1. The zero-order chi connectivity index (χ0) is 17.8. The Labute approximate surface area is 155 Å². The van der Waals surface area contributed by atoms with E-state index < -0.39 is 0 Å². The molecule has 1 saturated carbocycles. The highest BCUT2D eigenvalue weighted by Gasteiger charge is 2.42. The molecule has 5 nitrogen and oxygen atoms in total. The summed E-state index contributed by atoms with van der Waals surface area (Å²) in [5, 5.41) is 3.26. The Morgan fingerprint density at radius 3 is 2.42 bits per heavy atom. The molecule has 26 heavy (non-hydrogen) atoms. The fraction of sp³-hybridized carbons (Fsp3) is 0.571. The summed E-state index contributed by atoms with van der Waals surface area (Å²) in [7, 11) is 0. The van der Waals surface area contributed by atoms with Crippen LogP contribution in [0.15, 0.2) is 30.6 Å². The van der Waals surface area contributed by atoms with Gasteiger partial charge in [-0.1, -0.05) is 6.42 Å². The van der Waals surface area contributed by atoms with Gasteiger partial charge in [-0.25, -0.2) is 0 Å². The molecule has 1 aromatic heterocycles. The van der Waals surface area contributed by atoms with E-state index in [-0.39, 0.29) is 11.4 Å². The lowest BCUT2D eigenvalue weighted by Crippen LogP contribution is -3.22. The molecule has 0 radical (unpaired) electrons. The lowest BCUT2D eigenvalue weighted by Gasteiger charge is -2.45. The third-order valence-corrected chi connectivity index (χ3v) is 6.34. The fourth-order valence-corrected chi connectivity index (χ4v) is 4.85. The van der Waals surface area contributed by atoms with Gasteiger partial charge in [0.25, 0.3) is 5.91 Å². The number of fused-ring (bicyclic) bond motifs is 1. The number of likely N-dealkylation sites (tertiary alicyclic amines) is 1. The number of rotatable bonds is 4. The largest absolute Gasteiger partial charge is 0.346 e. The van der Waals surface area contributed by atoms with Gasteiger partial charge in [0.2, 0.25) is 0 Å². The molecule has 1 saturated heterocycles. The first-order chi connectivity index (χ1) is 12.8. The van der Waals surface area contributed by atoms with Crippen LogP contribution in [0.4, 0.5) is 0 Å². The minimum atomic E-state index is 0.0129. The van der Waals surface area contributed by atoms with E-state index in [0.717, 1.165) is 17.6 Å². The Morgan fingerprint density at radius 1 is 0.962 bits per heavy atom. The second-order valence-electron chi connectivity index (χ2n) is 7.95. The molecule has 0 unspecified atom stereocenters. The zero-order valence-electron chi connectivity index (χ0n) is 15.5. The number of piperidine rings is 1. The maximum atomic E-state index is 12.8. The van der Waals surface area contributed by atoms with E-state index in [1.54, 1.807) is 17.3 Å². The van der Waals surface area contributed by atoms with Crippen molar-refractivity contribution in [1.29, 1.82) is 0 Å². The van der Waals surface area contributed by atoms with Gasteiger partial charge in [0, 0.05) is 30.8 Å². The van der Waals surface area contributed by atoms with Crippen molar-refractivity contribution in [2.45, 2.75) is 56.9 Å². The maximum absolute atomic E-state index is 12.8. The first kappa shape index (κ1) is 17.4. The molecule has 2 heterocycles. The minimum Gasteiger partial charge on any atom is -0.346 e. The number of aromatic nitrogens is 2. The lowest BCUT2D eigenvalue weighted by atomic mass is 9.79. The van der Waals surface area contributed by atoms with Crippen LogP contribution in [0.5, 0.6) is 0 Å². The molecule has 4 rings (SSSR count). The van der Waals surface area contributed by atoms with E-state index in [2.05, 4.69) is 15.3 Å². The number of hydrogen-bond acceptors (Lipinski definition) is 3. The standard InChI is InChI=1S/C21H28N4O/c26-20(17-7-8-18-19(15-17)23-12-11-22-18)24-16-21(9-3-1-4-10-21)25-13-5-2-6-14-25/h7-8,11-12,15H,1-6,9-10,13-14,16H2,(H,24,26)/p+1. The third-order valence-electron chi connectivity index (χ3n) is 6.34. The Hall–Kier alpha value is -2.01. The molecule has 5 heteroatoms. The van der Waals surface area contributed by atoms with Crippen molar-refractivity contribution in [3.63, 3.8) is 0 Å². The van der Waals surface area contributed by atoms with Crippen molar-refractivity contribution < 1.29 is 9.69 Å². The highest BCUT2D eigenvalue weighted by atomic mass is 16.1. The molecule has 0 bridgehead atoms. The predicted molar refractivity (Wildman–Crippen MR) is 102 cm³/mol. The number of benzene rings is 1. The van der Waals surface area contributed by atoms with E-state index in [1.807, 2.05) is 18.2 Å². The van der Waals surface area contributed by atoms with Crippen LogP contribution in [0, 0.1) is 0 Å². The van der Waals surface area contributed by atoms with E-state index in [1.165, 1.54) is 64.5 Å². The average molecular weight is 353 g/mol. The molecular weight excluding hydrogens is 324 g/mol. The summed E-state index contributed by atoms with van der Waals surface area (Å²) in [4.78, 5) is 23.1. The SMILES string of the molecule is O=C(NCC1([NH+]2CCCCC2)CCCCC1)c1ccc2nccnc2c1. The highest BCUT2D eigenvalue weighted by molar-refractivity contribution is 5.97. The number of quaternary nitrogens is 1. The first-order valence-corrected chi connectivity index (χ1v) is 10.1. The first-order valence-electron chi connectivity index (χ1n) is 10.1. The van der Waals surface area contributed by atoms with Crippen LogP contribution in [0.25, 0.3) is 11.0 Å². The predicted octanol–water partition coefficient (Wildman–Crippen LogP) is 2.13. The number of hydrogen-bond donors (Lipinski definition) is 2. The van der Waals surface area contributed by atoms with Gasteiger partial charge < -0.3 is 10.2 Å². The Balaban J connectivity index is 1.48. The summed E-state index contributed by atoms with van der Waals surface area (Å²) in [6.45, 7) is 3.32. The summed E-state index contributed by atoms with van der Waals surface area (Å²) in [5.41, 5.74) is 2.52. The van der Waals surface area contributed by atoms with Gasteiger partial charge in [-0.15, -0.1) is 0 Å². The summed E-state index contributed by atoms with van der Waals surface area (Å²) >= 11 is 0. The van der Waals surface area contributed by atoms with Crippen molar-refractivity contribution in [2.75, 3.05) is 19.6 Å². The van der Waals surface area contributed by atoms with E-state index in [4.69, 9.17) is 0 Å². The van der Waals surface area contributed by atoms with Crippen LogP contribution in [-0.4, -0.2) is 41.0 Å². The maximum Gasteiger partial charge on any atom is 0.251 e. The van der Waals surface area contributed by atoms with E-state index in [9.17, 15) is 4.79 Å². The van der Waals surface area contributed by atoms with E-state index in [0.29, 0.717) is 5.56 Å². The summed E-state index contributed by atoms with van der Waals surface area (Å²) < 4.78 is 0. The zero-order valence-corrected chi connectivity index (χ0v) is 15.5. The monoisotopic (exact) mass is 353 g/mol. The molecule has 2 aliphatic rings. The quantitative estimate of drug-likeness (QED) is 0.885. The number of nitrogens with zero attached hydrogens (tertiary/aromatic N) is 2. The van der Waals surface area contributed by atoms with Crippen molar-refractivity contribution in [2.24, 2.45) is 0 Å². The molecule has 1 aromatic carbocycles. The normalized spacial score (nSPS) is 20.8. The van der Waals surface area contributed by atoms with Crippen LogP contribution < -0.4 is 10.2 Å². The second-order valence-corrected chi connectivity index (χ2v) is 7.95. The van der Waals surface area contributed by atoms with Crippen LogP contribution in [-0.2, 0) is 0 Å². The Bertz CT molecular complexity index is 763. The summed E-state index contributed by atoms with van der Waals surface area (Å²) in [6.07, 6.45) is 13.8. The molecule has 2 aromatic rings. The lowest BCUT2D eigenvalue weighted by molar-refractivity contribution is -0.957. The summed E-state index contributed by atoms with van der Waals surface area (Å²) in [6, 6.07) is 5.58. The molecule has 1 aliphatic carbocycles. The molecular formula is C21H29N4O+.